The van der Waals surface area contributed by atoms with Crippen LogP contribution in [0.2, 0.25) is 0 Å². The number of nitrogens with zero attached hydrogens (tertiary/aromatic N) is 1. The van der Waals surface area contributed by atoms with Gasteiger partial charge >= 0.3 is 29.8 Å². The van der Waals surface area contributed by atoms with E-state index >= 15 is 0 Å². The van der Waals surface area contributed by atoms with Gasteiger partial charge < -0.3 is 79.2 Å². The number of carbonyl (C=O) groups excluding carboxylic acids is 8. The monoisotopic (exact) mass is 941 g/mol. The second-order valence-electron chi connectivity index (χ2n) is 15.1. The van der Waals surface area contributed by atoms with Crippen molar-refractivity contribution in [3.8, 4) is 0 Å². The van der Waals surface area contributed by atoms with E-state index in [0.29, 0.717) is 0 Å². The molecule has 8 amide bonds. The molecule has 29 nitrogen and oxygen atoms in total. The van der Waals surface area contributed by atoms with Gasteiger partial charge in [-0.2, -0.15) is 0 Å². The lowest BCUT2D eigenvalue weighted by Gasteiger charge is -2.27. The molecule has 0 spiro atoms. The smallest absolute Gasteiger partial charge is 0.326 e. The second kappa shape index (κ2) is 27.5. The van der Waals surface area contributed by atoms with Crippen LogP contribution in [0.1, 0.15) is 77.8 Å². The summed E-state index contributed by atoms with van der Waals surface area (Å²) in [5.74, 6) is -17.3. The Labute approximate surface area is 374 Å². The normalized spacial score (nSPS) is 14.5. The molecular formula is C37H55N11O18. The van der Waals surface area contributed by atoms with Crippen molar-refractivity contribution in [1.82, 2.24) is 47.2 Å². The Morgan fingerprint density at radius 2 is 0.924 bits per heavy atom. The van der Waals surface area contributed by atoms with E-state index in [1.165, 1.54) is 12.5 Å². The predicted molar refractivity (Wildman–Crippen MR) is 219 cm³/mol. The number of amides is 8. The summed E-state index contributed by atoms with van der Waals surface area (Å²) in [6.45, 7) is 4.26. The number of primary amides is 1. The van der Waals surface area contributed by atoms with Crippen LogP contribution in [-0.4, -0.2) is 161 Å². The van der Waals surface area contributed by atoms with Gasteiger partial charge in [0.15, 0.2) is 0 Å². The number of imidazole rings is 1. The number of aromatic nitrogens is 2. The number of hydrogen-bond donors (Lipinski definition) is 15. The van der Waals surface area contributed by atoms with Gasteiger partial charge in [-0.1, -0.05) is 13.8 Å². The predicted octanol–water partition coefficient (Wildman–Crippen LogP) is -5.62. The average molecular weight is 942 g/mol. The topological polar surface area (TPSA) is 488 Å². The highest BCUT2D eigenvalue weighted by Gasteiger charge is 2.35. The minimum atomic E-state index is -1.98. The van der Waals surface area contributed by atoms with Gasteiger partial charge in [0.1, 0.15) is 42.3 Å². The van der Waals surface area contributed by atoms with Gasteiger partial charge in [-0.15, -0.1) is 0 Å². The fraction of sp³-hybridized carbons (Fsp3) is 0.568. The third-order valence-electron chi connectivity index (χ3n) is 9.26. The number of rotatable bonds is 31. The maximum Gasteiger partial charge on any atom is 0.326 e. The molecule has 0 radical (unpaired) electrons. The Bertz CT molecular complexity index is 1960. The van der Waals surface area contributed by atoms with Crippen molar-refractivity contribution < 1.29 is 87.9 Å². The highest BCUT2D eigenvalue weighted by molar-refractivity contribution is 5.99. The lowest BCUT2D eigenvalue weighted by Crippen LogP contribution is -2.60. The molecule has 66 heavy (non-hydrogen) atoms. The zero-order valence-electron chi connectivity index (χ0n) is 35.9. The fourth-order valence-corrected chi connectivity index (χ4v) is 5.56. The Morgan fingerprint density at radius 1 is 0.530 bits per heavy atom. The van der Waals surface area contributed by atoms with Gasteiger partial charge in [-0.3, -0.25) is 57.5 Å². The molecule has 0 saturated heterocycles. The number of H-pyrrole nitrogens is 1. The Hall–Kier alpha value is -7.72. The number of nitrogens with two attached hydrogens (primary N) is 2. The summed E-state index contributed by atoms with van der Waals surface area (Å²) in [6.07, 6.45) is -3.87. The first-order chi connectivity index (χ1) is 30.7. The van der Waals surface area contributed by atoms with Crippen LogP contribution in [0.3, 0.4) is 0 Å². The van der Waals surface area contributed by atoms with Crippen LogP contribution in [-0.2, 0) is 68.7 Å². The Kier molecular flexibility index (Phi) is 23.4. The minimum Gasteiger partial charge on any atom is -0.481 e. The van der Waals surface area contributed by atoms with E-state index in [1.807, 2.05) is 5.32 Å². The summed E-state index contributed by atoms with van der Waals surface area (Å²) in [5, 5.41) is 61.8. The number of nitrogens with one attached hydrogen (secondary N) is 8. The van der Waals surface area contributed by atoms with Crippen molar-refractivity contribution in [2.75, 3.05) is 0 Å². The van der Waals surface area contributed by atoms with Crippen molar-refractivity contribution in [2.45, 2.75) is 127 Å². The van der Waals surface area contributed by atoms with E-state index in [1.54, 1.807) is 13.8 Å². The third-order valence-corrected chi connectivity index (χ3v) is 9.26. The molecule has 0 aliphatic carbocycles. The standard InChI is InChI=1S/C37H55N11O18/c1-15(2)29(39)36(64)45-20(6-9-27(54)55)32(60)46-21(10-17-13-40-14-41-17)35(63)47-22(12-28(56)57)34(62)42-16(3)30(58)43-18(4-7-25(50)51)31(59)44-19(5-8-26(52)53)33(61)48-23(37(65)66)11-24(38)49/h13-16,18-23,29H,4-12,39H2,1-3H3,(H2,38,49)(H,40,41)(H,42,62)(H,43,58)(H,44,59)(H,45,64)(H,46,60)(H,47,63)(H,48,61)(H,50,51)(H,52,53)(H,54,55)(H,56,57)(H,65,66)/t16-,18-,19-,20-,21-,22-,23-,29-/m0/s1. The fourth-order valence-electron chi connectivity index (χ4n) is 5.56. The van der Waals surface area contributed by atoms with Crippen LogP contribution in [0.4, 0.5) is 0 Å². The number of aliphatic carboxylic acids is 5. The van der Waals surface area contributed by atoms with Crippen LogP contribution in [0.5, 0.6) is 0 Å². The minimum absolute atomic E-state index is 0.232. The molecule has 0 fully saturated rings. The number of aromatic amines is 1. The Morgan fingerprint density at radius 3 is 1.32 bits per heavy atom. The Balaban J connectivity index is 3.36. The molecule has 1 rings (SSSR count). The molecule has 0 saturated carbocycles. The van der Waals surface area contributed by atoms with E-state index in [2.05, 4.69) is 41.9 Å². The maximum atomic E-state index is 13.7. The van der Waals surface area contributed by atoms with Crippen LogP contribution < -0.4 is 48.7 Å². The summed E-state index contributed by atoms with van der Waals surface area (Å²) >= 11 is 0. The highest BCUT2D eigenvalue weighted by Crippen LogP contribution is 2.09. The summed E-state index contributed by atoms with van der Waals surface area (Å²) in [6, 6.07) is -13.6. The molecule has 1 heterocycles. The van der Waals surface area contributed by atoms with E-state index in [0.717, 1.165) is 6.92 Å². The first-order valence-corrected chi connectivity index (χ1v) is 20.0. The van der Waals surface area contributed by atoms with E-state index in [4.69, 9.17) is 16.6 Å². The van der Waals surface area contributed by atoms with Crippen LogP contribution in [0.25, 0.3) is 0 Å². The van der Waals surface area contributed by atoms with Gasteiger partial charge in [0, 0.05) is 37.6 Å². The summed E-state index contributed by atoms with van der Waals surface area (Å²) in [4.78, 5) is 168. The summed E-state index contributed by atoms with van der Waals surface area (Å²) < 4.78 is 0. The lowest BCUT2D eigenvalue weighted by molar-refractivity contribution is -0.144. The van der Waals surface area contributed by atoms with Crippen molar-refractivity contribution in [2.24, 2.45) is 17.4 Å². The van der Waals surface area contributed by atoms with Gasteiger partial charge in [-0.05, 0) is 32.1 Å². The van der Waals surface area contributed by atoms with Crippen LogP contribution in [0, 0.1) is 5.92 Å². The van der Waals surface area contributed by atoms with Gasteiger partial charge in [0.05, 0.1) is 25.2 Å². The zero-order valence-corrected chi connectivity index (χ0v) is 35.9. The number of carboxylic acid groups (broad SMARTS) is 5. The number of carboxylic acids is 5. The van der Waals surface area contributed by atoms with E-state index < -0.39 is 183 Å². The van der Waals surface area contributed by atoms with Crippen molar-refractivity contribution >= 4 is 77.1 Å². The summed E-state index contributed by atoms with van der Waals surface area (Å²) in [5.41, 5.74) is 11.1. The van der Waals surface area contributed by atoms with Crippen molar-refractivity contribution in [1.29, 1.82) is 0 Å². The first-order valence-electron chi connectivity index (χ1n) is 20.0. The molecule has 0 unspecified atom stereocenters. The average Bonchev–Trinajstić information content (AvgIpc) is 3.73. The quantitative estimate of drug-likeness (QED) is 0.0330. The molecule has 0 aliphatic heterocycles. The molecule has 0 aromatic carbocycles. The first kappa shape index (κ1) is 56.3. The van der Waals surface area contributed by atoms with Gasteiger partial charge in [0.25, 0.3) is 0 Å². The summed E-state index contributed by atoms with van der Waals surface area (Å²) in [7, 11) is 0. The van der Waals surface area contributed by atoms with Crippen LogP contribution >= 0.6 is 0 Å². The number of hydrogen-bond acceptors (Lipinski definition) is 15. The van der Waals surface area contributed by atoms with Crippen molar-refractivity contribution in [3.05, 3.63) is 18.2 Å². The molecule has 0 aliphatic rings. The molecule has 8 atom stereocenters. The highest BCUT2D eigenvalue weighted by atomic mass is 16.4. The molecule has 29 heteroatoms. The number of carbonyl (C=O) groups is 13. The molecule has 366 valence electrons. The zero-order chi connectivity index (χ0) is 50.4. The lowest BCUT2D eigenvalue weighted by atomic mass is 10.0. The third kappa shape index (κ3) is 21.1. The molecule has 17 N–H and O–H groups in total. The molecule has 1 aromatic heterocycles. The largest absolute Gasteiger partial charge is 0.481 e. The maximum absolute atomic E-state index is 13.7. The van der Waals surface area contributed by atoms with Crippen LogP contribution in [0.15, 0.2) is 12.5 Å². The molecule has 0 bridgehead atoms. The molecule has 1 aromatic rings. The van der Waals surface area contributed by atoms with Gasteiger partial charge in [-0.25, -0.2) is 9.78 Å². The second-order valence-corrected chi connectivity index (χ2v) is 15.1. The SMILES string of the molecule is CC(C)[C@H](N)C(=O)N[C@@H](CCC(=O)O)C(=O)N[C@@H](Cc1cnc[nH]1)C(=O)N[C@@H](CC(=O)O)C(=O)N[C@@H](C)C(=O)N[C@@H](CCC(=O)O)C(=O)N[C@@H](CCC(=O)O)C(=O)N[C@@H](CC(N)=O)C(=O)O. The van der Waals surface area contributed by atoms with Crippen molar-refractivity contribution in [3.63, 3.8) is 0 Å². The van der Waals surface area contributed by atoms with Gasteiger partial charge in [0.2, 0.25) is 47.3 Å². The molecular weight excluding hydrogens is 886 g/mol. The van der Waals surface area contributed by atoms with E-state index in [9.17, 15) is 82.8 Å². The van der Waals surface area contributed by atoms with E-state index in [-0.39, 0.29) is 12.1 Å².